The van der Waals surface area contributed by atoms with Gasteiger partial charge in [-0.2, -0.15) is 5.10 Å². The Labute approximate surface area is 165 Å². The summed E-state index contributed by atoms with van der Waals surface area (Å²) >= 11 is 0. The maximum Gasteiger partial charge on any atom is 0.223 e. The first-order valence-electron chi connectivity index (χ1n) is 9.94. The predicted molar refractivity (Wildman–Crippen MR) is 111 cm³/mol. The lowest BCUT2D eigenvalue weighted by Gasteiger charge is -2.07. The summed E-state index contributed by atoms with van der Waals surface area (Å²) in [4.78, 5) is 11.7. The molecule has 0 atom stereocenters. The molecular formula is C23H26N4O. The molecule has 5 nitrogen and oxygen atoms in total. The smallest absolute Gasteiger partial charge is 0.223 e. The number of hydrogen-bond donors (Lipinski definition) is 2. The number of nitrogens with one attached hydrogen (secondary N) is 2. The van der Waals surface area contributed by atoms with Crippen LogP contribution in [0.5, 0.6) is 0 Å². The molecular weight excluding hydrogens is 348 g/mol. The fraction of sp³-hybridized carbons (Fsp3) is 0.304. The van der Waals surface area contributed by atoms with Crippen LogP contribution in [0.3, 0.4) is 0 Å². The Hall–Kier alpha value is -2.92. The van der Waals surface area contributed by atoms with Crippen molar-refractivity contribution in [3.63, 3.8) is 0 Å². The van der Waals surface area contributed by atoms with Gasteiger partial charge in [-0.1, -0.05) is 60.7 Å². The van der Waals surface area contributed by atoms with Crippen molar-refractivity contribution >= 4 is 5.91 Å². The maximum atomic E-state index is 11.7. The molecule has 1 heterocycles. The number of carbonyl (C=O) groups is 1. The SMILES string of the molecule is O=C(NCCNCc1cn(Cc2ccccc2)nc1-c1ccccc1)C1CC1. The zero-order chi connectivity index (χ0) is 19.2. The van der Waals surface area contributed by atoms with E-state index in [4.69, 9.17) is 5.10 Å². The van der Waals surface area contributed by atoms with Gasteiger partial charge in [0.05, 0.1) is 12.2 Å². The Balaban J connectivity index is 1.41. The Kier molecular flexibility index (Phi) is 5.83. The minimum absolute atomic E-state index is 0.197. The second kappa shape index (κ2) is 8.85. The third-order valence-corrected chi connectivity index (χ3v) is 4.94. The number of nitrogens with zero attached hydrogens (tertiary/aromatic N) is 2. The van der Waals surface area contributed by atoms with Crippen molar-refractivity contribution in [3.8, 4) is 11.3 Å². The van der Waals surface area contributed by atoms with E-state index in [-0.39, 0.29) is 11.8 Å². The fourth-order valence-electron chi connectivity index (χ4n) is 3.27. The highest BCUT2D eigenvalue weighted by Crippen LogP contribution is 2.28. The standard InChI is InChI=1S/C23H26N4O/c28-23(20-11-12-20)25-14-13-24-15-21-17-27(16-18-7-3-1-4-8-18)26-22(21)19-9-5-2-6-10-19/h1-10,17,20,24H,11-16H2,(H,25,28). The van der Waals surface area contributed by atoms with Crippen molar-refractivity contribution in [2.45, 2.75) is 25.9 Å². The summed E-state index contributed by atoms with van der Waals surface area (Å²) in [5, 5.41) is 11.3. The predicted octanol–water partition coefficient (Wildman–Crippen LogP) is 3.21. The van der Waals surface area contributed by atoms with Gasteiger partial charge in [0, 0.05) is 42.9 Å². The van der Waals surface area contributed by atoms with Crippen LogP contribution in [0.2, 0.25) is 0 Å². The number of benzene rings is 2. The quantitative estimate of drug-likeness (QED) is 0.566. The lowest BCUT2D eigenvalue weighted by Crippen LogP contribution is -2.32. The highest BCUT2D eigenvalue weighted by molar-refractivity contribution is 5.80. The van der Waals surface area contributed by atoms with Crippen LogP contribution in [0.4, 0.5) is 0 Å². The minimum atomic E-state index is 0.197. The molecule has 0 radical (unpaired) electrons. The lowest BCUT2D eigenvalue weighted by atomic mass is 10.1. The molecule has 2 N–H and O–H groups in total. The first-order chi connectivity index (χ1) is 13.8. The molecule has 2 aromatic carbocycles. The molecule has 5 heteroatoms. The minimum Gasteiger partial charge on any atom is -0.355 e. The van der Waals surface area contributed by atoms with E-state index < -0.39 is 0 Å². The van der Waals surface area contributed by atoms with Crippen LogP contribution in [0, 0.1) is 5.92 Å². The third-order valence-electron chi connectivity index (χ3n) is 4.94. The molecule has 0 unspecified atom stereocenters. The molecule has 0 saturated heterocycles. The van der Waals surface area contributed by atoms with E-state index in [1.807, 2.05) is 28.9 Å². The fourth-order valence-corrected chi connectivity index (χ4v) is 3.27. The highest BCUT2D eigenvalue weighted by Gasteiger charge is 2.28. The molecule has 1 fully saturated rings. The van der Waals surface area contributed by atoms with Crippen molar-refractivity contribution in [2.75, 3.05) is 13.1 Å². The van der Waals surface area contributed by atoms with Crippen LogP contribution in [-0.2, 0) is 17.9 Å². The van der Waals surface area contributed by atoms with Crippen LogP contribution in [0.25, 0.3) is 11.3 Å². The average Bonchev–Trinajstić information content (AvgIpc) is 3.51. The van der Waals surface area contributed by atoms with Gasteiger partial charge in [-0.15, -0.1) is 0 Å². The van der Waals surface area contributed by atoms with Crippen molar-refractivity contribution in [2.24, 2.45) is 5.92 Å². The monoisotopic (exact) mass is 374 g/mol. The summed E-state index contributed by atoms with van der Waals surface area (Å²) in [6.07, 6.45) is 4.20. The van der Waals surface area contributed by atoms with Gasteiger partial charge in [0.15, 0.2) is 0 Å². The van der Waals surface area contributed by atoms with Gasteiger partial charge in [0.2, 0.25) is 5.91 Å². The second-order valence-electron chi connectivity index (χ2n) is 7.29. The van der Waals surface area contributed by atoms with E-state index in [2.05, 4.69) is 53.2 Å². The van der Waals surface area contributed by atoms with Gasteiger partial charge < -0.3 is 10.6 Å². The van der Waals surface area contributed by atoms with Crippen LogP contribution >= 0.6 is 0 Å². The molecule has 1 amide bonds. The number of carbonyl (C=O) groups excluding carboxylic acids is 1. The molecule has 1 aromatic heterocycles. The number of aromatic nitrogens is 2. The summed E-state index contributed by atoms with van der Waals surface area (Å²) < 4.78 is 2.00. The zero-order valence-electron chi connectivity index (χ0n) is 16.0. The first kappa shape index (κ1) is 18.4. The molecule has 0 spiro atoms. The first-order valence-corrected chi connectivity index (χ1v) is 9.94. The summed E-state index contributed by atoms with van der Waals surface area (Å²) in [7, 11) is 0. The van der Waals surface area contributed by atoms with Crippen molar-refractivity contribution in [1.82, 2.24) is 20.4 Å². The molecule has 3 aromatic rings. The van der Waals surface area contributed by atoms with Crippen molar-refractivity contribution < 1.29 is 4.79 Å². The van der Waals surface area contributed by atoms with Crippen LogP contribution in [0.15, 0.2) is 66.9 Å². The number of amides is 1. The topological polar surface area (TPSA) is 59.0 Å². The molecule has 0 bridgehead atoms. The third kappa shape index (κ3) is 4.87. The van der Waals surface area contributed by atoms with E-state index in [1.54, 1.807) is 0 Å². The lowest BCUT2D eigenvalue weighted by molar-refractivity contribution is -0.122. The van der Waals surface area contributed by atoms with E-state index >= 15 is 0 Å². The van der Waals surface area contributed by atoms with Gasteiger partial charge in [0.25, 0.3) is 0 Å². The summed E-state index contributed by atoms with van der Waals surface area (Å²) in [6.45, 7) is 2.88. The van der Waals surface area contributed by atoms with Gasteiger partial charge >= 0.3 is 0 Å². The molecule has 4 rings (SSSR count). The normalized spacial score (nSPS) is 13.4. The average molecular weight is 374 g/mol. The second-order valence-corrected chi connectivity index (χ2v) is 7.29. The van der Waals surface area contributed by atoms with Gasteiger partial charge in [-0.05, 0) is 18.4 Å². The van der Waals surface area contributed by atoms with Crippen molar-refractivity contribution in [1.29, 1.82) is 0 Å². The van der Waals surface area contributed by atoms with Gasteiger partial charge in [-0.3, -0.25) is 9.48 Å². The maximum absolute atomic E-state index is 11.7. The summed E-state index contributed by atoms with van der Waals surface area (Å²) in [5.74, 6) is 0.461. The molecule has 0 aliphatic heterocycles. The van der Waals surface area contributed by atoms with Crippen LogP contribution in [0.1, 0.15) is 24.0 Å². The van der Waals surface area contributed by atoms with E-state index in [0.29, 0.717) is 6.54 Å². The Bertz CT molecular complexity index is 901. The Morgan fingerprint density at radius 3 is 2.43 bits per heavy atom. The molecule has 1 saturated carbocycles. The van der Waals surface area contributed by atoms with Crippen LogP contribution < -0.4 is 10.6 Å². The summed E-state index contributed by atoms with van der Waals surface area (Å²) in [6, 6.07) is 20.6. The van der Waals surface area contributed by atoms with E-state index in [9.17, 15) is 4.79 Å². The van der Waals surface area contributed by atoms with E-state index in [0.717, 1.165) is 49.3 Å². The van der Waals surface area contributed by atoms with Gasteiger partial charge in [-0.25, -0.2) is 0 Å². The highest BCUT2D eigenvalue weighted by atomic mass is 16.2. The largest absolute Gasteiger partial charge is 0.355 e. The van der Waals surface area contributed by atoms with Crippen molar-refractivity contribution in [3.05, 3.63) is 78.0 Å². The Morgan fingerprint density at radius 2 is 1.71 bits per heavy atom. The molecule has 144 valence electrons. The number of hydrogen-bond acceptors (Lipinski definition) is 3. The zero-order valence-corrected chi connectivity index (χ0v) is 16.0. The molecule has 28 heavy (non-hydrogen) atoms. The van der Waals surface area contributed by atoms with Crippen LogP contribution in [-0.4, -0.2) is 28.8 Å². The number of rotatable bonds is 9. The molecule has 1 aliphatic carbocycles. The Morgan fingerprint density at radius 1 is 1.00 bits per heavy atom. The summed E-state index contributed by atoms with van der Waals surface area (Å²) in [5.41, 5.74) is 4.52. The van der Waals surface area contributed by atoms with E-state index in [1.165, 1.54) is 5.56 Å². The van der Waals surface area contributed by atoms with Gasteiger partial charge in [0.1, 0.15) is 0 Å². The molecule has 1 aliphatic rings.